The van der Waals surface area contributed by atoms with Crippen molar-refractivity contribution in [2.24, 2.45) is 5.73 Å². The highest BCUT2D eigenvalue weighted by atomic mass is 32.1. The number of aliphatic hydroxyl groups is 1. The summed E-state index contributed by atoms with van der Waals surface area (Å²) in [5.74, 6) is -3.27. The highest BCUT2D eigenvalue weighted by molar-refractivity contribution is 7.80. The molecule has 1 aromatic rings. The van der Waals surface area contributed by atoms with E-state index < -0.39 is 54.0 Å². The van der Waals surface area contributed by atoms with Crippen LogP contribution in [0.1, 0.15) is 25.5 Å². The Morgan fingerprint density at radius 1 is 1.35 bits per heavy atom. The predicted octanol–water partition coefficient (Wildman–Crippen LogP) is -2.36. The summed E-state index contributed by atoms with van der Waals surface area (Å²) in [6, 6.07) is -4.45. The maximum atomic E-state index is 12.7. The van der Waals surface area contributed by atoms with Crippen LogP contribution in [0.3, 0.4) is 0 Å². The lowest BCUT2D eigenvalue weighted by Gasteiger charge is -2.28. The van der Waals surface area contributed by atoms with Crippen LogP contribution in [0, 0.1) is 0 Å². The molecule has 2 heterocycles. The fraction of sp³-hybridized carbons (Fsp3) is 0.611. The van der Waals surface area contributed by atoms with Crippen molar-refractivity contribution in [2.45, 2.75) is 56.5 Å². The Labute approximate surface area is 184 Å². The molecule has 5 atom stereocenters. The van der Waals surface area contributed by atoms with Crippen LogP contribution >= 0.6 is 12.6 Å². The highest BCUT2D eigenvalue weighted by Gasteiger charge is 2.38. The minimum atomic E-state index is -1.37. The Kier molecular flexibility index (Phi) is 8.83. The monoisotopic (exact) mass is 456 g/mol. The molecule has 5 unspecified atom stereocenters. The first-order chi connectivity index (χ1) is 14.6. The van der Waals surface area contributed by atoms with Crippen molar-refractivity contribution in [2.75, 3.05) is 12.3 Å². The normalized spacial score (nSPS) is 19.9. The first-order valence-electron chi connectivity index (χ1n) is 9.81. The first-order valence-corrected chi connectivity index (χ1v) is 10.4. The van der Waals surface area contributed by atoms with E-state index in [1.807, 2.05) is 0 Å². The summed E-state index contributed by atoms with van der Waals surface area (Å²) in [7, 11) is 0. The van der Waals surface area contributed by atoms with Gasteiger partial charge in [0.15, 0.2) is 0 Å². The number of nitrogens with zero attached hydrogens (tertiary/aromatic N) is 2. The SMILES string of the molecule is CC(O)C(NC(=O)C(N)Cc1cnc[nH]1)C(=O)NC(CS)C(=O)N1CCCC1C(=O)O. The summed E-state index contributed by atoms with van der Waals surface area (Å²) in [6.45, 7) is 1.57. The number of rotatable bonds is 10. The second kappa shape index (κ2) is 11.1. The van der Waals surface area contributed by atoms with Gasteiger partial charge in [-0.15, -0.1) is 0 Å². The Bertz CT molecular complexity index is 789. The molecular weight excluding hydrogens is 428 g/mol. The molecule has 1 saturated heterocycles. The Balaban J connectivity index is 2.01. The van der Waals surface area contributed by atoms with Gasteiger partial charge in [0.25, 0.3) is 0 Å². The lowest BCUT2D eigenvalue weighted by atomic mass is 10.1. The zero-order valence-electron chi connectivity index (χ0n) is 17.0. The minimum Gasteiger partial charge on any atom is -0.480 e. The summed E-state index contributed by atoms with van der Waals surface area (Å²) in [4.78, 5) is 57.0. The largest absolute Gasteiger partial charge is 0.480 e. The number of likely N-dealkylation sites (tertiary alicyclic amines) is 1. The van der Waals surface area contributed by atoms with E-state index in [4.69, 9.17) is 5.73 Å². The van der Waals surface area contributed by atoms with E-state index in [9.17, 15) is 29.4 Å². The van der Waals surface area contributed by atoms with Gasteiger partial charge in [0, 0.05) is 30.6 Å². The van der Waals surface area contributed by atoms with Crippen LogP contribution in [-0.2, 0) is 25.6 Å². The fourth-order valence-electron chi connectivity index (χ4n) is 3.33. The number of nitrogens with two attached hydrogens (primary N) is 1. The van der Waals surface area contributed by atoms with Gasteiger partial charge >= 0.3 is 5.97 Å². The Morgan fingerprint density at radius 2 is 2.06 bits per heavy atom. The van der Waals surface area contributed by atoms with Crippen LogP contribution in [-0.4, -0.2) is 91.3 Å². The van der Waals surface area contributed by atoms with Crippen LogP contribution in [0.2, 0.25) is 0 Å². The van der Waals surface area contributed by atoms with Gasteiger partial charge in [-0.2, -0.15) is 12.6 Å². The second-order valence-electron chi connectivity index (χ2n) is 7.39. The van der Waals surface area contributed by atoms with Crippen LogP contribution < -0.4 is 16.4 Å². The molecule has 2 rings (SSSR count). The molecule has 0 bridgehead atoms. The summed E-state index contributed by atoms with van der Waals surface area (Å²) < 4.78 is 0. The second-order valence-corrected chi connectivity index (χ2v) is 7.75. The number of carbonyl (C=O) groups is 4. The molecule has 31 heavy (non-hydrogen) atoms. The number of hydrogen-bond acceptors (Lipinski definition) is 8. The van der Waals surface area contributed by atoms with Gasteiger partial charge in [0.05, 0.1) is 18.5 Å². The van der Waals surface area contributed by atoms with E-state index in [2.05, 4.69) is 33.2 Å². The minimum absolute atomic E-state index is 0.0901. The highest BCUT2D eigenvalue weighted by Crippen LogP contribution is 2.19. The van der Waals surface area contributed by atoms with Crippen molar-refractivity contribution in [1.82, 2.24) is 25.5 Å². The van der Waals surface area contributed by atoms with E-state index in [1.165, 1.54) is 24.3 Å². The molecule has 0 spiro atoms. The fourth-order valence-corrected chi connectivity index (χ4v) is 3.57. The lowest BCUT2D eigenvalue weighted by Crippen LogP contribution is -2.60. The third-order valence-electron chi connectivity index (χ3n) is 5.01. The topological polar surface area (TPSA) is 191 Å². The van der Waals surface area contributed by atoms with Crippen molar-refractivity contribution in [1.29, 1.82) is 0 Å². The van der Waals surface area contributed by atoms with E-state index >= 15 is 0 Å². The van der Waals surface area contributed by atoms with E-state index in [-0.39, 0.29) is 18.7 Å². The number of hydrogen-bond donors (Lipinski definition) is 7. The first kappa shape index (κ1) is 24.6. The smallest absolute Gasteiger partial charge is 0.326 e. The average Bonchev–Trinajstić information content (AvgIpc) is 3.40. The number of nitrogens with one attached hydrogen (secondary N) is 3. The number of aromatic amines is 1. The van der Waals surface area contributed by atoms with E-state index in [0.29, 0.717) is 18.5 Å². The quantitative estimate of drug-likeness (QED) is 0.190. The van der Waals surface area contributed by atoms with Crippen molar-refractivity contribution in [3.8, 4) is 0 Å². The van der Waals surface area contributed by atoms with Crippen molar-refractivity contribution in [3.05, 3.63) is 18.2 Å². The third kappa shape index (κ3) is 6.42. The molecule has 1 aromatic heterocycles. The van der Waals surface area contributed by atoms with Gasteiger partial charge in [-0.05, 0) is 19.8 Å². The van der Waals surface area contributed by atoms with Crippen LogP contribution in [0.15, 0.2) is 12.5 Å². The molecule has 12 nitrogen and oxygen atoms in total. The molecular formula is C18H28N6O6S. The Morgan fingerprint density at radius 3 is 2.61 bits per heavy atom. The molecule has 7 N–H and O–H groups in total. The van der Waals surface area contributed by atoms with Crippen LogP contribution in [0.25, 0.3) is 0 Å². The number of aliphatic carboxylic acids is 1. The Hall–Kier alpha value is -2.64. The number of thiol groups is 1. The molecule has 13 heteroatoms. The molecule has 1 aliphatic heterocycles. The predicted molar refractivity (Wildman–Crippen MR) is 112 cm³/mol. The van der Waals surface area contributed by atoms with Gasteiger partial charge < -0.3 is 36.5 Å². The van der Waals surface area contributed by atoms with Gasteiger partial charge in [-0.3, -0.25) is 14.4 Å². The lowest BCUT2D eigenvalue weighted by molar-refractivity contribution is -0.149. The number of carboxylic acid groups (broad SMARTS) is 1. The molecule has 172 valence electrons. The maximum absolute atomic E-state index is 12.7. The van der Waals surface area contributed by atoms with Gasteiger partial charge in [-0.1, -0.05) is 0 Å². The number of imidazole rings is 1. The summed E-state index contributed by atoms with van der Waals surface area (Å²) >= 11 is 4.09. The maximum Gasteiger partial charge on any atom is 0.326 e. The summed E-state index contributed by atoms with van der Waals surface area (Å²) in [6.07, 6.45) is 2.68. The van der Waals surface area contributed by atoms with E-state index in [1.54, 1.807) is 0 Å². The van der Waals surface area contributed by atoms with Crippen LogP contribution in [0.5, 0.6) is 0 Å². The number of H-pyrrole nitrogens is 1. The van der Waals surface area contributed by atoms with Crippen molar-refractivity contribution >= 4 is 36.3 Å². The zero-order chi connectivity index (χ0) is 23.1. The third-order valence-corrected chi connectivity index (χ3v) is 5.38. The van der Waals surface area contributed by atoms with Crippen molar-refractivity contribution < 1.29 is 29.4 Å². The number of carboxylic acids is 1. The number of aromatic nitrogens is 2. The summed E-state index contributed by atoms with van der Waals surface area (Å²) in [5.41, 5.74) is 6.48. The molecule has 0 saturated carbocycles. The van der Waals surface area contributed by atoms with Gasteiger partial charge in [0.1, 0.15) is 18.1 Å². The average molecular weight is 457 g/mol. The summed E-state index contributed by atoms with van der Waals surface area (Å²) in [5, 5.41) is 24.1. The molecule has 1 aliphatic rings. The number of amides is 3. The molecule has 1 fully saturated rings. The van der Waals surface area contributed by atoms with E-state index in [0.717, 1.165) is 0 Å². The zero-order valence-corrected chi connectivity index (χ0v) is 17.9. The van der Waals surface area contributed by atoms with Crippen LogP contribution in [0.4, 0.5) is 0 Å². The van der Waals surface area contributed by atoms with Gasteiger partial charge in [-0.25, -0.2) is 9.78 Å². The standard InChI is InChI=1S/C18H28N6O6S/c1-9(25)14(23-15(26)11(19)5-10-6-20-8-21-10)16(27)22-12(7-31)17(28)24-4-2-3-13(24)18(29)30/h6,8-9,11-14,25,31H,2-5,7,19H2,1H3,(H,20,21)(H,22,27)(H,23,26)(H,29,30). The van der Waals surface area contributed by atoms with Crippen molar-refractivity contribution in [3.63, 3.8) is 0 Å². The molecule has 0 aliphatic carbocycles. The molecule has 0 aromatic carbocycles. The molecule has 0 radical (unpaired) electrons. The van der Waals surface area contributed by atoms with Gasteiger partial charge in [0.2, 0.25) is 17.7 Å². The number of carbonyl (C=O) groups excluding carboxylic acids is 3. The number of aliphatic hydroxyl groups excluding tert-OH is 1. The molecule has 3 amide bonds.